The van der Waals surface area contributed by atoms with Gasteiger partial charge in [0, 0.05) is 17.3 Å². The highest BCUT2D eigenvalue weighted by Gasteiger charge is 2.21. The number of rotatable bonds is 8. The molecule has 4 aromatic rings. The third-order valence-electron chi connectivity index (χ3n) is 5.08. The van der Waals surface area contributed by atoms with E-state index >= 15 is 0 Å². The van der Waals surface area contributed by atoms with E-state index < -0.39 is 0 Å². The van der Waals surface area contributed by atoms with Gasteiger partial charge in [-0.05, 0) is 59.2 Å². The second-order valence-electron chi connectivity index (χ2n) is 7.20. The molecule has 0 aliphatic heterocycles. The number of thiazole rings is 1. The van der Waals surface area contributed by atoms with Gasteiger partial charge in [0.2, 0.25) is 5.91 Å². The number of hydrogen-bond acceptors (Lipinski definition) is 5. The first-order valence-corrected chi connectivity index (χ1v) is 12.3. The summed E-state index contributed by atoms with van der Waals surface area (Å²) in [5.74, 6) is 1.08. The molecule has 0 unspecified atom stereocenters. The van der Waals surface area contributed by atoms with Crippen LogP contribution >= 0.6 is 23.1 Å². The number of fused-ring (bicyclic) bond motifs is 1. The molecule has 2 aromatic carbocycles. The van der Waals surface area contributed by atoms with E-state index in [-0.39, 0.29) is 5.91 Å². The molecule has 0 spiro atoms. The van der Waals surface area contributed by atoms with Crippen molar-refractivity contribution in [2.24, 2.45) is 0 Å². The van der Waals surface area contributed by atoms with Crippen LogP contribution in [0.15, 0.2) is 71.9 Å². The molecule has 31 heavy (non-hydrogen) atoms. The van der Waals surface area contributed by atoms with Crippen LogP contribution in [0.5, 0.6) is 0 Å². The smallest absolute Gasteiger partial charge is 0.233 e. The lowest BCUT2D eigenvalue weighted by atomic mass is 10.1. The predicted molar refractivity (Wildman–Crippen MR) is 131 cm³/mol. The Morgan fingerprint density at radius 2 is 1.77 bits per heavy atom. The van der Waals surface area contributed by atoms with Crippen molar-refractivity contribution in [1.29, 1.82) is 0 Å². The summed E-state index contributed by atoms with van der Waals surface area (Å²) in [7, 11) is 0. The maximum Gasteiger partial charge on any atom is 0.233 e. The molecule has 1 amide bonds. The monoisotopic (exact) mass is 447 g/mol. The SMILES string of the molecule is CCSc1ccc(CC(=O)N(Cc2ccncc2)c2nc3c(CC)cccc3s2)cc1. The van der Waals surface area contributed by atoms with Crippen molar-refractivity contribution in [3.63, 3.8) is 0 Å². The van der Waals surface area contributed by atoms with Gasteiger partial charge in [-0.2, -0.15) is 0 Å². The fraction of sp³-hybridized carbons (Fsp3) is 0.240. The van der Waals surface area contributed by atoms with Gasteiger partial charge in [0.1, 0.15) is 0 Å². The van der Waals surface area contributed by atoms with Gasteiger partial charge < -0.3 is 0 Å². The zero-order valence-electron chi connectivity index (χ0n) is 17.7. The van der Waals surface area contributed by atoms with Gasteiger partial charge in [-0.25, -0.2) is 4.98 Å². The number of aryl methyl sites for hydroxylation is 1. The molecule has 0 N–H and O–H groups in total. The summed E-state index contributed by atoms with van der Waals surface area (Å²) in [4.78, 5) is 25.5. The average Bonchev–Trinajstić information content (AvgIpc) is 3.23. The Balaban J connectivity index is 1.64. The lowest BCUT2D eigenvalue weighted by molar-refractivity contribution is -0.118. The standard InChI is InChI=1S/C25H25N3OS2/c1-3-20-6-5-7-22-24(20)27-25(31-22)28(17-19-12-14-26-15-13-19)23(29)16-18-8-10-21(11-9-18)30-4-2/h5-15H,3-4,16-17H2,1-2H3. The summed E-state index contributed by atoms with van der Waals surface area (Å²) in [6, 6.07) is 18.4. The van der Waals surface area contributed by atoms with Crippen LogP contribution in [0, 0.1) is 0 Å². The number of thioether (sulfide) groups is 1. The summed E-state index contributed by atoms with van der Waals surface area (Å²) in [5.41, 5.74) is 4.26. The molecule has 0 saturated heterocycles. The van der Waals surface area contributed by atoms with E-state index in [1.54, 1.807) is 35.5 Å². The molecule has 0 aliphatic rings. The maximum atomic E-state index is 13.4. The first kappa shape index (κ1) is 21.5. The van der Waals surface area contributed by atoms with Crippen molar-refractivity contribution in [3.05, 3.63) is 83.7 Å². The van der Waals surface area contributed by atoms with Crippen LogP contribution in [0.1, 0.15) is 30.5 Å². The Hall–Kier alpha value is -2.70. The molecule has 4 rings (SSSR count). The highest BCUT2D eigenvalue weighted by Crippen LogP contribution is 2.32. The zero-order chi connectivity index (χ0) is 21.6. The molecule has 2 heterocycles. The van der Waals surface area contributed by atoms with Crippen molar-refractivity contribution >= 4 is 44.4 Å². The molecule has 0 aliphatic carbocycles. The molecule has 0 saturated carbocycles. The summed E-state index contributed by atoms with van der Waals surface area (Å²) >= 11 is 3.38. The quantitative estimate of drug-likeness (QED) is 0.304. The van der Waals surface area contributed by atoms with Gasteiger partial charge in [0.25, 0.3) is 0 Å². The van der Waals surface area contributed by atoms with E-state index in [9.17, 15) is 4.79 Å². The number of pyridine rings is 1. The molecule has 158 valence electrons. The molecule has 0 fully saturated rings. The van der Waals surface area contributed by atoms with Gasteiger partial charge in [-0.1, -0.05) is 49.4 Å². The Kier molecular flexibility index (Phi) is 6.99. The summed E-state index contributed by atoms with van der Waals surface area (Å²) in [6.45, 7) is 4.75. The lowest BCUT2D eigenvalue weighted by Gasteiger charge is -2.20. The molecule has 6 heteroatoms. The van der Waals surface area contributed by atoms with Crippen molar-refractivity contribution in [2.75, 3.05) is 10.7 Å². The third kappa shape index (κ3) is 5.14. The van der Waals surface area contributed by atoms with Crippen molar-refractivity contribution in [2.45, 2.75) is 38.1 Å². The minimum absolute atomic E-state index is 0.0461. The van der Waals surface area contributed by atoms with E-state index in [1.807, 2.05) is 29.2 Å². The van der Waals surface area contributed by atoms with Crippen LogP contribution in [0.25, 0.3) is 10.2 Å². The number of aromatic nitrogens is 2. The second-order valence-corrected chi connectivity index (χ2v) is 9.55. The van der Waals surface area contributed by atoms with Gasteiger partial charge in [0.05, 0.1) is 23.2 Å². The Bertz CT molecular complexity index is 1160. The molecule has 0 radical (unpaired) electrons. The van der Waals surface area contributed by atoms with E-state index in [4.69, 9.17) is 4.98 Å². The van der Waals surface area contributed by atoms with Crippen LogP contribution in [0.2, 0.25) is 0 Å². The third-order valence-corrected chi connectivity index (χ3v) is 7.02. The van der Waals surface area contributed by atoms with Crippen molar-refractivity contribution in [1.82, 2.24) is 9.97 Å². The van der Waals surface area contributed by atoms with E-state index in [0.717, 1.165) is 38.6 Å². The normalized spacial score (nSPS) is 11.0. The summed E-state index contributed by atoms with van der Waals surface area (Å²) in [5, 5.41) is 0.746. The fourth-order valence-electron chi connectivity index (χ4n) is 3.47. The Morgan fingerprint density at radius 1 is 1.00 bits per heavy atom. The summed E-state index contributed by atoms with van der Waals surface area (Å²) < 4.78 is 1.11. The van der Waals surface area contributed by atoms with Crippen LogP contribution in [0.4, 0.5) is 5.13 Å². The Labute approximate surface area is 191 Å². The number of carbonyl (C=O) groups excluding carboxylic acids is 1. The number of anilines is 1. The van der Waals surface area contributed by atoms with Crippen LogP contribution < -0.4 is 4.90 Å². The van der Waals surface area contributed by atoms with Crippen LogP contribution in [0.3, 0.4) is 0 Å². The minimum Gasteiger partial charge on any atom is -0.283 e. The van der Waals surface area contributed by atoms with Gasteiger partial charge in [0.15, 0.2) is 5.13 Å². The highest BCUT2D eigenvalue weighted by molar-refractivity contribution is 7.99. The predicted octanol–water partition coefficient (Wildman–Crippen LogP) is 6.14. The van der Waals surface area contributed by atoms with Gasteiger partial charge in [-0.3, -0.25) is 14.7 Å². The van der Waals surface area contributed by atoms with Crippen LogP contribution in [-0.2, 0) is 24.2 Å². The molecular weight excluding hydrogens is 422 g/mol. The molecule has 4 nitrogen and oxygen atoms in total. The maximum absolute atomic E-state index is 13.4. The molecule has 0 atom stereocenters. The molecular formula is C25H25N3OS2. The highest BCUT2D eigenvalue weighted by atomic mass is 32.2. The topological polar surface area (TPSA) is 46.1 Å². The van der Waals surface area contributed by atoms with Crippen molar-refractivity contribution in [3.8, 4) is 0 Å². The number of hydrogen-bond donors (Lipinski definition) is 0. The fourth-order valence-corrected chi connectivity index (χ4v) is 5.16. The number of nitrogens with zero attached hydrogens (tertiary/aromatic N) is 3. The zero-order valence-corrected chi connectivity index (χ0v) is 19.4. The molecule has 2 aromatic heterocycles. The first-order chi connectivity index (χ1) is 15.2. The Morgan fingerprint density at radius 3 is 2.48 bits per heavy atom. The average molecular weight is 448 g/mol. The molecule has 0 bridgehead atoms. The number of para-hydroxylation sites is 1. The van der Waals surface area contributed by atoms with Crippen LogP contribution in [-0.4, -0.2) is 21.6 Å². The lowest BCUT2D eigenvalue weighted by Crippen LogP contribution is -2.31. The number of benzene rings is 2. The second kappa shape index (κ2) is 10.1. The first-order valence-electron chi connectivity index (χ1n) is 10.5. The van der Waals surface area contributed by atoms with E-state index in [1.165, 1.54) is 10.5 Å². The van der Waals surface area contributed by atoms with Gasteiger partial charge in [-0.15, -0.1) is 11.8 Å². The number of carbonyl (C=O) groups is 1. The largest absolute Gasteiger partial charge is 0.283 e. The van der Waals surface area contributed by atoms with Gasteiger partial charge >= 0.3 is 0 Å². The minimum atomic E-state index is 0.0461. The van der Waals surface area contributed by atoms with E-state index in [2.05, 4.69) is 49.2 Å². The summed E-state index contributed by atoms with van der Waals surface area (Å²) in [6.07, 6.45) is 4.78. The van der Waals surface area contributed by atoms with Crippen molar-refractivity contribution < 1.29 is 4.79 Å². The van der Waals surface area contributed by atoms with E-state index in [0.29, 0.717) is 13.0 Å². The number of amides is 1.